The number of carbonyl (C=O) groups excluding carboxylic acids is 1. The molecule has 0 saturated carbocycles. The van der Waals surface area contributed by atoms with Crippen LogP contribution in [0.4, 0.5) is 4.39 Å². The summed E-state index contributed by atoms with van der Waals surface area (Å²) < 4.78 is 24.3. The van der Waals surface area contributed by atoms with Gasteiger partial charge in [0.2, 0.25) is 0 Å². The van der Waals surface area contributed by atoms with Crippen LogP contribution in [0.5, 0.6) is 11.5 Å². The van der Waals surface area contributed by atoms with Gasteiger partial charge in [-0.1, -0.05) is 0 Å². The average molecular weight is 443 g/mol. The Hall–Kier alpha value is -2.66. The summed E-state index contributed by atoms with van der Waals surface area (Å²) in [5, 5.41) is 9.04. The number of alkyl halides is 1. The number of ether oxygens (including phenoxy) is 2. The average Bonchev–Trinajstić information content (AvgIpc) is 2.71. The van der Waals surface area contributed by atoms with Gasteiger partial charge >= 0.3 is 171 Å². The van der Waals surface area contributed by atoms with Crippen LogP contribution in [0.15, 0.2) is 30.3 Å². The Balaban J connectivity index is 2.34. The molecule has 0 fully saturated rings. The van der Waals surface area contributed by atoms with Crippen molar-refractivity contribution < 1.29 is 18.7 Å². The first-order valence-corrected chi connectivity index (χ1v) is 9.55. The van der Waals surface area contributed by atoms with Crippen molar-refractivity contribution >= 4 is 38.0 Å². The molecule has 1 heterocycles. The summed E-state index contributed by atoms with van der Waals surface area (Å²) in [6.45, 7) is -0.417. The normalized spacial score (nSPS) is 10.9. The minimum absolute atomic E-state index is 0.108. The third kappa shape index (κ3) is 3.67. The van der Waals surface area contributed by atoms with Crippen LogP contribution in [-0.4, -0.2) is 53.9 Å². The second kappa shape index (κ2) is 8.57. The zero-order valence-corrected chi connectivity index (χ0v) is 17.4. The van der Waals surface area contributed by atoms with Gasteiger partial charge in [-0.25, -0.2) is 0 Å². The molecule has 0 unspecified atom stereocenters. The van der Waals surface area contributed by atoms with Crippen LogP contribution < -0.4 is 19.6 Å². The van der Waals surface area contributed by atoms with Crippen LogP contribution in [0.1, 0.15) is 22.5 Å². The van der Waals surface area contributed by atoms with E-state index in [2.05, 4.69) is 27.1 Å². The van der Waals surface area contributed by atoms with Gasteiger partial charge < -0.3 is 0 Å². The standard InChI is InChI=1S/C20H19AsFN3O3/c1-27-12-6-8-13(15(10-12)28-2)16-11(4-3-9-22)5-7-14-17(21)19(20(23)26)25-24-18(14)16/h5-8,10H,3-4,9H2,1-2H3,(H2,23,26). The molecule has 1 amide bonds. The number of primary amides is 1. The number of hydrogen-bond donors (Lipinski definition) is 1. The van der Waals surface area contributed by atoms with Gasteiger partial charge in [-0.2, -0.15) is 0 Å². The first-order chi connectivity index (χ1) is 13.5. The minimum atomic E-state index is -0.643. The fraction of sp³-hybridized carbons (Fsp3) is 0.250. The van der Waals surface area contributed by atoms with Gasteiger partial charge in [0.05, 0.1) is 0 Å². The molecule has 2 radical (unpaired) electrons. The number of nitrogens with zero attached hydrogens (tertiary/aromatic N) is 2. The molecule has 0 aliphatic heterocycles. The quantitative estimate of drug-likeness (QED) is 0.566. The topological polar surface area (TPSA) is 87.3 Å². The zero-order chi connectivity index (χ0) is 20.3. The molecule has 8 heteroatoms. The van der Waals surface area contributed by atoms with E-state index in [-0.39, 0.29) is 5.69 Å². The van der Waals surface area contributed by atoms with Crippen molar-refractivity contribution in [3.05, 3.63) is 41.6 Å². The van der Waals surface area contributed by atoms with E-state index in [1.165, 1.54) is 0 Å². The van der Waals surface area contributed by atoms with E-state index in [4.69, 9.17) is 15.2 Å². The second-order valence-electron chi connectivity index (χ2n) is 6.12. The van der Waals surface area contributed by atoms with E-state index in [1.54, 1.807) is 20.3 Å². The summed E-state index contributed by atoms with van der Waals surface area (Å²) in [5.74, 6) is 0.609. The zero-order valence-electron chi connectivity index (χ0n) is 15.5. The molecule has 1 aromatic heterocycles. The van der Waals surface area contributed by atoms with E-state index < -0.39 is 12.6 Å². The van der Waals surface area contributed by atoms with Gasteiger partial charge in [-0.3, -0.25) is 0 Å². The van der Waals surface area contributed by atoms with E-state index in [0.29, 0.717) is 34.2 Å². The van der Waals surface area contributed by atoms with Crippen molar-refractivity contribution in [2.24, 2.45) is 5.73 Å². The maximum absolute atomic E-state index is 12.9. The van der Waals surface area contributed by atoms with Crippen molar-refractivity contribution in [2.75, 3.05) is 20.9 Å². The molecule has 2 aromatic carbocycles. The monoisotopic (exact) mass is 443 g/mol. The molecule has 0 atom stereocenters. The van der Waals surface area contributed by atoms with Crippen molar-refractivity contribution in [3.63, 3.8) is 0 Å². The SMILES string of the molecule is COc1ccc(-c2c(CCCF)ccc3c([As])c(C(N)=O)nnc23)c(OC)c1. The van der Waals surface area contributed by atoms with Gasteiger partial charge in [-0.15, -0.1) is 0 Å². The number of aromatic nitrogens is 2. The van der Waals surface area contributed by atoms with E-state index in [0.717, 1.165) is 22.1 Å². The number of amides is 1. The van der Waals surface area contributed by atoms with Gasteiger partial charge in [0.25, 0.3) is 0 Å². The molecule has 0 aliphatic rings. The molecule has 28 heavy (non-hydrogen) atoms. The molecule has 3 rings (SSSR count). The predicted octanol–water partition coefficient (Wildman–Crippen LogP) is 2.11. The number of methoxy groups -OCH3 is 2. The predicted molar refractivity (Wildman–Crippen MR) is 106 cm³/mol. The summed E-state index contributed by atoms with van der Waals surface area (Å²) in [4.78, 5) is 11.6. The van der Waals surface area contributed by atoms with Gasteiger partial charge in [0.15, 0.2) is 0 Å². The Kier molecular flexibility index (Phi) is 6.14. The summed E-state index contributed by atoms with van der Waals surface area (Å²) in [6, 6.07) is 9.25. The number of aryl methyl sites for hydroxylation is 1. The molecular formula is C20H19AsFN3O3. The third-order valence-corrected chi connectivity index (χ3v) is 5.43. The molecule has 0 spiro atoms. The molecule has 6 nitrogen and oxygen atoms in total. The van der Waals surface area contributed by atoms with Crippen molar-refractivity contribution in [1.82, 2.24) is 10.2 Å². The number of benzene rings is 2. The fourth-order valence-corrected chi connectivity index (χ4v) is 3.84. The second-order valence-corrected chi connectivity index (χ2v) is 7.05. The van der Waals surface area contributed by atoms with Crippen LogP contribution >= 0.6 is 0 Å². The van der Waals surface area contributed by atoms with Crippen LogP contribution in [-0.2, 0) is 6.42 Å². The van der Waals surface area contributed by atoms with Crippen molar-refractivity contribution in [3.8, 4) is 22.6 Å². The maximum atomic E-state index is 12.9. The van der Waals surface area contributed by atoms with Crippen LogP contribution in [0.3, 0.4) is 0 Å². The summed E-state index contributed by atoms with van der Waals surface area (Å²) >= 11 is 2.33. The summed E-state index contributed by atoms with van der Waals surface area (Å²) in [7, 11) is 3.15. The Morgan fingerprint density at radius 2 is 1.96 bits per heavy atom. The number of rotatable bonds is 7. The molecule has 0 bridgehead atoms. The Bertz CT molecular complexity index is 1040. The van der Waals surface area contributed by atoms with Crippen LogP contribution in [0.2, 0.25) is 0 Å². The van der Waals surface area contributed by atoms with Crippen molar-refractivity contribution in [2.45, 2.75) is 12.8 Å². The molecule has 3 aromatic rings. The number of hydrogen-bond acceptors (Lipinski definition) is 5. The van der Waals surface area contributed by atoms with E-state index in [9.17, 15) is 9.18 Å². The number of halogens is 1. The molecule has 0 aliphatic carbocycles. The van der Waals surface area contributed by atoms with Gasteiger partial charge in [-0.05, 0) is 0 Å². The van der Waals surface area contributed by atoms with Crippen LogP contribution in [0.25, 0.3) is 22.0 Å². The fourth-order valence-electron chi connectivity index (χ4n) is 3.14. The summed E-state index contributed by atoms with van der Waals surface area (Å²) in [6.07, 6.45) is 0.920. The van der Waals surface area contributed by atoms with Crippen LogP contribution in [0, 0.1) is 0 Å². The Morgan fingerprint density at radius 3 is 2.61 bits per heavy atom. The molecular weight excluding hydrogens is 424 g/mol. The van der Waals surface area contributed by atoms with Gasteiger partial charge in [0, 0.05) is 0 Å². The van der Waals surface area contributed by atoms with Crippen molar-refractivity contribution in [1.29, 1.82) is 0 Å². The third-order valence-electron chi connectivity index (χ3n) is 4.48. The number of carbonyl (C=O) groups is 1. The summed E-state index contributed by atoms with van der Waals surface area (Å²) in [5.41, 5.74) is 8.61. The van der Waals surface area contributed by atoms with E-state index >= 15 is 0 Å². The number of fused-ring (bicyclic) bond motifs is 1. The Morgan fingerprint density at radius 1 is 1.18 bits per heavy atom. The first kappa shape index (κ1) is 20.1. The molecule has 0 saturated heterocycles. The number of nitrogens with two attached hydrogens (primary N) is 1. The van der Waals surface area contributed by atoms with Gasteiger partial charge in [0.1, 0.15) is 0 Å². The molecule has 2 N–H and O–H groups in total. The van der Waals surface area contributed by atoms with E-state index in [1.807, 2.05) is 24.3 Å². The Labute approximate surface area is 170 Å². The first-order valence-electron chi connectivity index (χ1n) is 8.61. The molecule has 144 valence electrons.